The molecule has 0 bridgehead atoms. The van der Waals surface area contributed by atoms with Crippen LogP contribution in [0.1, 0.15) is 39.0 Å². The number of nitrogens with zero attached hydrogens (tertiary/aromatic N) is 5. The predicted octanol–water partition coefficient (Wildman–Crippen LogP) is 8.57. The highest BCUT2D eigenvalue weighted by Crippen LogP contribution is 2.44. The second kappa shape index (κ2) is 15.5. The van der Waals surface area contributed by atoms with Crippen LogP contribution >= 0.6 is 23.2 Å². The van der Waals surface area contributed by atoms with E-state index in [0.717, 1.165) is 17.0 Å². The molecule has 12 nitrogen and oxygen atoms in total. The van der Waals surface area contributed by atoms with E-state index in [4.69, 9.17) is 37.4 Å². The molecule has 1 aromatic heterocycles. The number of halogens is 5. The molecule has 1 aliphatic rings. The van der Waals surface area contributed by atoms with Crippen LogP contribution in [0.3, 0.4) is 0 Å². The first-order valence-corrected chi connectivity index (χ1v) is 18.8. The lowest BCUT2D eigenvalue weighted by molar-refractivity contribution is -0.137. The van der Waals surface area contributed by atoms with Crippen LogP contribution < -0.4 is 19.7 Å². The lowest BCUT2D eigenvalue weighted by atomic mass is 9.92. The molecule has 284 valence electrons. The van der Waals surface area contributed by atoms with Crippen molar-refractivity contribution in [3.05, 3.63) is 75.9 Å². The van der Waals surface area contributed by atoms with Crippen molar-refractivity contribution >= 4 is 61.8 Å². The zero-order chi connectivity index (χ0) is 38.9. The molecule has 1 N–H and O–H groups in total. The van der Waals surface area contributed by atoms with Gasteiger partial charge in [-0.15, -0.1) is 10.2 Å². The summed E-state index contributed by atoms with van der Waals surface area (Å²) in [6, 6.07) is 13.0. The number of aromatic nitrogens is 2. The maximum absolute atomic E-state index is 14.4. The standard InChI is InChI=1S/C35H37Cl2F3N6O6S/c1-20(52-24-10-8-23(50-5)9-11-24)33(47)41-21-17-26(36)29(27(37)18-21)46-32(30(53(6,48)49)31(44-46)34(2,3)4)43-42-28-12-7-22(19-25(28)35(38,39)40)45-13-15-51-16-14-45/h7-12,17-20H,13-16H2,1-6H3,(H,41,47). The number of hydrogen-bond donors (Lipinski definition) is 1. The van der Waals surface area contributed by atoms with E-state index < -0.39 is 50.5 Å². The van der Waals surface area contributed by atoms with E-state index in [0.29, 0.717) is 43.5 Å². The quantitative estimate of drug-likeness (QED) is 0.158. The van der Waals surface area contributed by atoms with Crippen LogP contribution in [0.5, 0.6) is 11.5 Å². The van der Waals surface area contributed by atoms with Gasteiger partial charge in [0.1, 0.15) is 22.1 Å². The molecule has 2 heterocycles. The van der Waals surface area contributed by atoms with Gasteiger partial charge in [-0.25, -0.2) is 13.1 Å². The van der Waals surface area contributed by atoms with E-state index in [1.165, 1.54) is 31.4 Å². The molecule has 0 saturated carbocycles. The van der Waals surface area contributed by atoms with Crippen LogP contribution in [0.15, 0.2) is 69.7 Å². The molecule has 0 radical (unpaired) electrons. The normalized spacial score (nSPS) is 14.7. The topological polar surface area (TPSA) is 137 Å². The number of carbonyl (C=O) groups is 1. The van der Waals surface area contributed by atoms with Crippen molar-refractivity contribution < 1.29 is 40.6 Å². The van der Waals surface area contributed by atoms with Gasteiger partial charge in [0.25, 0.3) is 5.91 Å². The number of carbonyl (C=O) groups excluding carboxylic acids is 1. The SMILES string of the molecule is COc1ccc(OC(C)C(=O)Nc2cc(Cl)c(-n3nc(C(C)(C)C)c(S(C)(=O)=O)c3N=Nc3ccc(N4CCOCC4)cc3C(F)(F)F)c(Cl)c2)cc1. The van der Waals surface area contributed by atoms with Gasteiger partial charge in [-0.2, -0.15) is 18.3 Å². The summed E-state index contributed by atoms with van der Waals surface area (Å²) in [5.41, 5.74) is -2.05. The smallest absolute Gasteiger partial charge is 0.418 e. The molecule has 1 unspecified atom stereocenters. The maximum Gasteiger partial charge on any atom is 0.418 e. The average molecular weight is 798 g/mol. The molecule has 1 aliphatic heterocycles. The third kappa shape index (κ3) is 9.23. The number of benzene rings is 3. The molecule has 0 spiro atoms. The van der Waals surface area contributed by atoms with Crippen molar-refractivity contribution in [1.29, 1.82) is 0 Å². The third-order valence-electron chi connectivity index (χ3n) is 8.05. The van der Waals surface area contributed by atoms with Crippen LogP contribution in [-0.4, -0.2) is 69.9 Å². The molecule has 53 heavy (non-hydrogen) atoms. The number of morpholine rings is 1. The van der Waals surface area contributed by atoms with Gasteiger partial charge in [0.15, 0.2) is 21.8 Å². The minimum Gasteiger partial charge on any atom is -0.497 e. The Morgan fingerprint density at radius 2 is 1.58 bits per heavy atom. The fourth-order valence-corrected chi connectivity index (χ4v) is 7.23. The number of sulfone groups is 1. The van der Waals surface area contributed by atoms with Crippen molar-refractivity contribution in [2.45, 2.75) is 50.3 Å². The molecule has 1 saturated heterocycles. The fraction of sp³-hybridized carbons (Fsp3) is 0.371. The first-order valence-electron chi connectivity index (χ1n) is 16.2. The Morgan fingerprint density at radius 1 is 0.981 bits per heavy atom. The lowest BCUT2D eigenvalue weighted by Gasteiger charge is -2.29. The molecule has 1 fully saturated rings. The summed E-state index contributed by atoms with van der Waals surface area (Å²) in [5.74, 6) is 0.0729. The first-order chi connectivity index (χ1) is 24.8. The molecule has 1 atom stereocenters. The van der Waals surface area contributed by atoms with E-state index in [-0.39, 0.29) is 32.0 Å². The largest absolute Gasteiger partial charge is 0.497 e. The monoisotopic (exact) mass is 796 g/mol. The Kier molecular flexibility index (Phi) is 11.7. The summed E-state index contributed by atoms with van der Waals surface area (Å²) in [6.07, 6.45) is -4.84. The molecule has 1 amide bonds. The molecular weight excluding hydrogens is 760 g/mol. The minimum atomic E-state index is -4.82. The van der Waals surface area contributed by atoms with Gasteiger partial charge in [0, 0.05) is 36.1 Å². The Morgan fingerprint density at radius 3 is 2.13 bits per heavy atom. The number of hydrogen-bond acceptors (Lipinski definition) is 10. The average Bonchev–Trinajstić information content (AvgIpc) is 3.48. The number of methoxy groups -OCH3 is 1. The zero-order valence-corrected chi connectivity index (χ0v) is 31.9. The number of ether oxygens (including phenoxy) is 3. The van der Waals surface area contributed by atoms with E-state index in [1.54, 1.807) is 56.9 Å². The molecule has 5 rings (SSSR count). The van der Waals surface area contributed by atoms with Crippen molar-refractivity contribution in [1.82, 2.24) is 9.78 Å². The highest BCUT2D eigenvalue weighted by Gasteiger charge is 2.36. The molecule has 18 heteroatoms. The van der Waals surface area contributed by atoms with Crippen molar-refractivity contribution in [2.75, 3.05) is 49.9 Å². The first kappa shape index (κ1) is 39.8. The van der Waals surface area contributed by atoms with Gasteiger partial charge in [-0.3, -0.25) is 4.79 Å². The summed E-state index contributed by atoms with van der Waals surface area (Å²) in [7, 11) is -2.60. The zero-order valence-electron chi connectivity index (χ0n) is 29.6. The Hall–Kier alpha value is -4.38. The number of nitrogens with one attached hydrogen (secondary N) is 1. The Labute approximate surface area is 314 Å². The number of alkyl halides is 3. The number of rotatable bonds is 10. The van der Waals surface area contributed by atoms with E-state index >= 15 is 0 Å². The fourth-order valence-electron chi connectivity index (χ4n) is 5.42. The Balaban J connectivity index is 1.56. The van der Waals surface area contributed by atoms with Gasteiger partial charge < -0.3 is 24.4 Å². The summed E-state index contributed by atoms with van der Waals surface area (Å²) in [4.78, 5) is 14.4. The number of anilines is 2. The van der Waals surface area contributed by atoms with E-state index in [9.17, 15) is 26.4 Å². The number of amides is 1. The second-order valence-corrected chi connectivity index (χ2v) is 15.9. The number of azo groups is 1. The summed E-state index contributed by atoms with van der Waals surface area (Å²) >= 11 is 13.4. The van der Waals surface area contributed by atoms with Crippen LogP contribution in [-0.2, 0) is 31.0 Å². The van der Waals surface area contributed by atoms with Crippen molar-refractivity contribution in [3.8, 4) is 17.2 Å². The van der Waals surface area contributed by atoms with Crippen molar-refractivity contribution in [2.24, 2.45) is 10.2 Å². The van der Waals surface area contributed by atoms with Gasteiger partial charge >= 0.3 is 6.18 Å². The van der Waals surface area contributed by atoms with Gasteiger partial charge in [-0.05, 0) is 61.5 Å². The van der Waals surface area contributed by atoms with Crippen LogP contribution in [0.25, 0.3) is 5.69 Å². The highest BCUT2D eigenvalue weighted by atomic mass is 35.5. The Bertz CT molecular complexity index is 2110. The van der Waals surface area contributed by atoms with Crippen LogP contribution in [0.2, 0.25) is 10.0 Å². The molecule has 4 aromatic rings. The lowest BCUT2D eigenvalue weighted by Crippen LogP contribution is -2.36. The molecular formula is C35H37Cl2F3N6O6S. The van der Waals surface area contributed by atoms with Gasteiger partial charge in [-0.1, -0.05) is 44.0 Å². The van der Waals surface area contributed by atoms with Crippen molar-refractivity contribution in [3.63, 3.8) is 0 Å². The predicted molar refractivity (Wildman–Crippen MR) is 196 cm³/mol. The van der Waals surface area contributed by atoms with Gasteiger partial charge in [0.2, 0.25) is 0 Å². The summed E-state index contributed by atoms with van der Waals surface area (Å²) in [5, 5.41) is 15.1. The molecule has 0 aliphatic carbocycles. The maximum atomic E-state index is 14.4. The molecule has 3 aromatic carbocycles. The van der Waals surface area contributed by atoms with Crippen LogP contribution in [0.4, 0.5) is 36.1 Å². The second-order valence-electron chi connectivity index (χ2n) is 13.1. The minimum absolute atomic E-state index is 0.0432. The summed E-state index contributed by atoms with van der Waals surface area (Å²) in [6.45, 7) is 8.21. The highest BCUT2D eigenvalue weighted by molar-refractivity contribution is 7.91. The summed E-state index contributed by atoms with van der Waals surface area (Å²) < 4.78 is 87.0. The van der Waals surface area contributed by atoms with Gasteiger partial charge in [0.05, 0.1) is 47.3 Å². The van der Waals surface area contributed by atoms with E-state index in [1.807, 2.05) is 0 Å². The third-order valence-corrected chi connectivity index (χ3v) is 9.75. The van der Waals surface area contributed by atoms with E-state index in [2.05, 4.69) is 20.6 Å². The van der Waals surface area contributed by atoms with Crippen LogP contribution in [0, 0.1) is 0 Å².